The zero-order valence-electron chi connectivity index (χ0n) is 6.47. The molecule has 1 aromatic heterocycles. The maximum atomic E-state index is 12.8. The summed E-state index contributed by atoms with van der Waals surface area (Å²) in [6.45, 7) is 0. The first-order valence-corrected chi connectivity index (χ1v) is 4.38. The second-order valence-electron chi connectivity index (χ2n) is 2.29. The van der Waals surface area contributed by atoms with Crippen LogP contribution >= 0.6 is 22.6 Å². The van der Waals surface area contributed by atoms with Crippen LogP contribution in [0.5, 0.6) is 0 Å². The molecule has 0 bridgehead atoms. The van der Waals surface area contributed by atoms with Crippen LogP contribution in [0.1, 0.15) is 22.5 Å². The number of hydrogen-bond donors (Lipinski definition) is 1. The van der Waals surface area contributed by atoms with Crippen molar-refractivity contribution in [2.75, 3.05) is 0 Å². The summed E-state index contributed by atoms with van der Waals surface area (Å²) in [7, 11) is 0. The van der Waals surface area contributed by atoms with E-state index in [1.165, 1.54) is 22.6 Å². The van der Waals surface area contributed by atoms with Crippen molar-refractivity contribution in [1.82, 2.24) is 4.98 Å². The average molecular weight is 317 g/mol. The van der Waals surface area contributed by atoms with Crippen LogP contribution in [-0.4, -0.2) is 16.1 Å². The van der Waals surface area contributed by atoms with Gasteiger partial charge in [0.25, 0.3) is 6.43 Å². The van der Waals surface area contributed by atoms with Crippen LogP contribution in [-0.2, 0) is 0 Å². The second kappa shape index (κ2) is 4.11. The van der Waals surface area contributed by atoms with Crippen LogP contribution in [0, 0.1) is 9.39 Å². The molecule has 1 rings (SSSR count). The second-order valence-corrected chi connectivity index (χ2v) is 3.36. The number of nitrogens with zero attached hydrogens (tertiary/aromatic N) is 1. The summed E-state index contributed by atoms with van der Waals surface area (Å²) in [6, 6.07) is 0. The molecule has 0 aromatic carbocycles. The summed E-state index contributed by atoms with van der Waals surface area (Å²) < 4.78 is 36.9. The van der Waals surface area contributed by atoms with E-state index in [0.29, 0.717) is 6.20 Å². The fraction of sp³-hybridized carbons (Fsp3) is 0.143. The van der Waals surface area contributed by atoms with Gasteiger partial charge in [-0.1, -0.05) is 0 Å². The van der Waals surface area contributed by atoms with Gasteiger partial charge in [0, 0.05) is 0 Å². The first kappa shape index (κ1) is 11.2. The molecule has 3 nitrogen and oxygen atoms in total. The first-order chi connectivity index (χ1) is 6.45. The van der Waals surface area contributed by atoms with Gasteiger partial charge in [0.05, 0.1) is 9.77 Å². The van der Waals surface area contributed by atoms with E-state index >= 15 is 0 Å². The fourth-order valence-corrected chi connectivity index (χ4v) is 1.49. The highest BCUT2D eigenvalue weighted by Gasteiger charge is 2.24. The molecule has 1 aromatic rings. The number of carboxylic acids is 1. The van der Waals surface area contributed by atoms with Crippen LogP contribution in [0.15, 0.2) is 6.20 Å². The number of aromatic carboxylic acids is 1. The maximum Gasteiger partial charge on any atom is 0.338 e. The van der Waals surface area contributed by atoms with Crippen LogP contribution in [0.2, 0.25) is 0 Å². The van der Waals surface area contributed by atoms with Crippen LogP contribution in [0.25, 0.3) is 0 Å². The summed E-state index contributed by atoms with van der Waals surface area (Å²) in [4.78, 5) is 13.6. The van der Waals surface area contributed by atoms with E-state index in [1.54, 1.807) is 0 Å². The SMILES string of the molecule is O=C(O)c1c(C(F)F)ncc(F)c1I. The van der Waals surface area contributed by atoms with Crippen molar-refractivity contribution in [2.24, 2.45) is 0 Å². The molecule has 0 saturated heterocycles. The largest absolute Gasteiger partial charge is 0.478 e. The Balaban J connectivity index is 3.45. The predicted molar refractivity (Wildman–Crippen MR) is 48.8 cm³/mol. The lowest BCUT2D eigenvalue weighted by Crippen LogP contribution is -2.09. The third kappa shape index (κ3) is 1.97. The molecule has 1 N–H and O–H groups in total. The third-order valence-electron chi connectivity index (χ3n) is 1.42. The number of hydrogen-bond acceptors (Lipinski definition) is 2. The van der Waals surface area contributed by atoms with Gasteiger partial charge >= 0.3 is 5.97 Å². The lowest BCUT2D eigenvalue weighted by Gasteiger charge is -2.06. The molecular weight excluding hydrogens is 314 g/mol. The zero-order chi connectivity index (χ0) is 10.9. The Kier molecular flexibility index (Phi) is 3.29. The number of rotatable bonds is 2. The van der Waals surface area contributed by atoms with Gasteiger partial charge in [-0.05, 0) is 22.6 Å². The van der Waals surface area contributed by atoms with Crippen LogP contribution < -0.4 is 0 Å². The molecule has 0 aliphatic rings. The van der Waals surface area contributed by atoms with Gasteiger partial charge in [0.2, 0.25) is 0 Å². The van der Waals surface area contributed by atoms with E-state index in [-0.39, 0.29) is 3.57 Å². The minimum atomic E-state index is -3.03. The van der Waals surface area contributed by atoms with Crippen LogP contribution in [0.4, 0.5) is 13.2 Å². The molecule has 0 saturated carbocycles. The molecule has 76 valence electrons. The molecule has 0 amide bonds. The molecule has 0 aliphatic heterocycles. The van der Waals surface area contributed by atoms with Crippen molar-refractivity contribution < 1.29 is 23.1 Å². The molecule has 7 heteroatoms. The van der Waals surface area contributed by atoms with Crippen molar-refractivity contribution in [2.45, 2.75) is 6.43 Å². The van der Waals surface area contributed by atoms with E-state index in [9.17, 15) is 18.0 Å². The summed E-state index contributed by atoms with van der Waals surface area (Å²) in [5.74, 6) is -2.54. The monoisotopic (exact) mass is 317 g/mol. The quantitative estimate of drug-likeness (QED) is 0.853. The topological polar surface area (TPSA) is 50.2 Å². The van der Waals surface area contributed by atoms with Crippen molar-refractivity contribution in [1.29, 1.82) is 0 Å². The molecular formula is C7H3F3INO2. The standard InChI is InChI=1S/C7H3F3INO2/c8-2-1-12-5(6(9)10)3(4(2)11)7(13)14/h1,6H,(H,13,14). The molecule has 1 heterocycles. The van der Waals surface area contributed by atoms with E-state index in [4.69, 9.17) is 5.11 Å². The average Bonchev–Trinajstić information content (AvgIpc) is 2.08. The fourth-order valence-electron chi connectivity index (χ4n) is 0.848. The van der Waals surface area contributed by atoms with Crippen molar-refractivity contribution in [3.8, 4) is 0 Å². The van der Waals surface area contributed by atoms with E-state index in [0.717, 1.165) is 0 Å². The highest BCUT2D eigenvalue weighted by Crippen LogP contribution is 2.25. The lowest BCUT2D eigenvalue weighted by atomic mass is 10.2. The van der Waals surface area contributed by atoms with Gasteiger partial charge in [-0.3, -0.25) is 4.98 Å². The molecule has 0 radical (unpaired) electrons. The third-order valence-corrected chi connectivity index (χ3v) is 2.48. The number of aromatic nitrogens is 1. The van der Waals surface area contributed by atoms with E-state index in [2.05, 4.69) is 4.98 Å². The Morgan fingerprint density at radius 1 is 1.57 bits per heavy atom. The van der Waals surface area contributed by atoms with Crippen molar-refractivity contribution >= 4 is 28.6 Å². The Labute approximate surface area is 90.1 Å². The Hall–Kier alpha value is -0.860. The highest BCUT2D eigenvalue weighted by molar-refractivity contribution is 14.1. The number of alkyl halides is 2. The molecule has 0 spiro atoms. The van der Waals surface area contributed by atoms with Gasteiger partial charge in [-0.25, -0.2) is 18.0 Å². The predicted octanol–water partition coefficient (Wildman–Crippen LogP) is 2.46. The maximum absolute atomic E-state index is 12.8. The minimum absolute atomic E-state index is 0.361. The molecule has 0 atom stereocenters. The van der Waals surface area contributed by atoms with Crippen molar-refractivity contribution in [3.63, 3.8) is 0 Å². The van der Waals surface area contributed by atoms with Crippen molar-refractivity contribution in [3.05, 3.63) is 26.8 Å². The molecule has 0 fully saturated rings. The van der Waals surface area contributed by atoms with E-state index in [1.807, 2.05) is 0 Å². The summed E-state index contributed by atoms with van der Waals surface area (Å²) in [6.07, 6.45) is -2.45. The smallest absolute Gasteiger partial charge is 0.338 e. The number of pyridine rings is 1. The number of carbonyl (C=O) groups is 1. The Morgan fingerprint density at radius 2 is 2.14 bits per heavy atom. The summed E-state index contributed by atoms with van der Waals surface area (Å²) in [5, 5.41) is 8.58. The van der Waals surface area contributed by atoms with Gasteiger partial charge < -0.3 is 5.11 Å². The molecule has 0 unspecified atom stereocenters. The normalized spacial score (nSPS) is 10.6. The minimum Gasteiger partial charge on any atom is -0.478 e. The van der Waals surface area contributed by atoms with Crippen LogP contribution in [0.3, 0.4) is 0 Å². The van der Waals surface area contributed by atoms with Gasteiger partial charge in [0.15, 0.2) is 5.82 Å². The Morgan fingerprint density at radius 3 is 2.57 bits per heavy atom. The van der Waals surface area contributed by atoms with Gasteiger partial charge in [0.1, 0.15) is 11.3 Å². The lowest BCUT2D eigenvalue weighted by molar-refractivity contribution is 0.0680. The summed E-state index contributed by atoms with van der Waals surface area (Å²) >= 11 is 1.35. The Bertz CT molecular complexity index is 383. The molecule has 14 heavy (non-hydrogen) atoms. The van der Waals surface area contributed by atoms with Gasteiger partial charge in [-0.2, -0.15) is 0 Å². The van der Waals surface area contributed by atoms with E-state index < -0.39 is 29.5 Å². The molecule has 0 aliphatic carbocycles. The zero-order valence-corrected chi connectivity index (χ0v) is 8.63. The number of carboxylic acid groups (broad SMARTS) is 1. The van der Waals surface area contributed by atoms with Gasteiger partial charge in [-0.15, -0.1) is 0 Å². The number of halogens is 4. The summed E-state index contributed by atoms with van der Waals surface area (Å²) in [5.41, 5.74) is -1.69. The highest BCUT2D eigenvalue weighted by atomic mass is 127. The first-order valence-electron chi connectivity index (χ1n) is 3.30.